The van der Waals surface area contributed by atoms with E-state index in [4.69, 9.17) is 9.57 Å². The number of aromatic nitrogens is 1. The number of rotatable bonds is 6. The number of hydrogen-bond donors (Lipinski definition) is 0. The highest BCUT2D eigenvalue weighted by Gasteiger charge is 2.02. The molecule has 0 aliphatic heterocycles. The van der Waals surface area contributed by atoms with Gasteiger partial charge in [-0.2, -0.15) is 4.73 Å². The zero-order valence-corrected chi connectivity index (χ0v) is 11.8. The number of ether oxygens (including phenoxy) is 1. The van der Waals surface area contributed by atoms with E-state index < -0.39 is 0 Å². The Morgan fingerprint density at radius 2 is 1.80 bits per heavy atom. The third-order valence-electron chi connectivity index (χ3n) is 3.17. The van der Waals surface area contributed by atoms with Gasteiger partial charge < -0.3 is 9.57 Å². The Hall–Kier alpha value is -2.07. The molecule has 1 aromatic carbocycles. The topological polar surface area (TPSA) is 40.5 Å². The van der Waals surface area contributed by atoms with E-state index in [0.717, 1.165) is 11.3 Å². The lowest BCUT2D eigenvalue weighted by Gasteiger charge is -2.13. The van der Waals surface area contributed by atoms with Gasteiger partial charge in [-0.15, -0.1) is 0 Å². The van der Waals surface area contributed by atoms with Crippen molar-refractivity contribution in [3.05, 3.63) is 69.6 Å². The van der Waals surface area contributed by atoms with Gasteiger partial charge in [0.05, 0.1) is 18.9 Å². The van der Waals surface area contributed by atoms with Gasteiger partial charge in [0.1, 0.15) is 6.61 Å². The van der Waals surface area contributed by atoms with Crippen molar-refractivity contribution in [2.45, 2.75) is 20.5 Å². The third kappa shape index (κ3) is 3.71. The lowest BCUT2D eigenvalue weighted by molar-refractivity contribution is 0.0291. The van der Waals surface area contributed by atoms with Crippen molar-refractivity contribution in [1.29, 1.82) is 0 Å². The maximum atomic E-state index is 11.4. The fourth-order valence-corrected chi connectivity index (χ4v) is 1.81. The van der Waals surface area contributed by atoms with Crippen LogP contribution in [0.4, 0.5) is 0 Å². The Morgan fingerprint density at radius 3 is 2.55 bits per heavy atom. The highest BCUT2D eigenvalue weighted by molar-refractivity contribution is 5.17. The van der Waals surface area contributed by atoms with Crippen LogP contribution in [0, 0.1) is 13.8 Å². The maximum Gasteiger partial charge on any atom is 0.184 e. The Morgan fingerprint density at radius 1 is 1.05 bits per heavy atom. The van der Waals surface area contributed by atoms with Crippen LogP contribution in [0.25, 0.3) is 0 Å². The van der Waals surface area contributed by atoms with E-state index in [-0.39, 0.29) is 5.43 Å². The van der Waals surface area contributed by atoms with Crippen LogP contribution in [0.1, 0.15) is 16.8 Å². The number of benzene rings is 1. The minimum Gasteiger partial charge on any atom is -0.412 e. The summed E-state index contributed by atoms with van der Waals surface area (Å²) in [7, 11) is 0. The summed E-state index contributed by atoms with van der Waals surface area (Å²) in [5.41, 5.74) is 2.70. The maximum absolute atomic E-state index is 11.4. The lowest BCUT2D eigenvalue weighted by atomic mass is 10.2. The van der Waals surface area contributed by atoms with E-state index in [9.17, 15) is 4.79 Å². The lowest BCUT2D eigenvalue weighted by Crippen LogP contribution is -2.22. The van der Waals surface area contributed by atoms with E-state index in [1.54, 1.807) is 17.9 Å². The highest BCUT2D eigenvalue weighted by atomic mass is 16.7. The standard InChI is InChI=1S/C16H19NO3/c1-13-14(2)17(9-8-16(13)18)20-11-10-19-12-15-6-4-3-5-7-15/h3-9H,10-12H2,1-2H3. The van der Waals surface area contributed by atoms with Crippen molar-refractivity contribution in [1.82, 2.24) is 4.73 Å². The van der Waals surface area contributed by atoms with Crippen LogP contribution in [-0.4, -0.2) is 17.9 Å². The monoisotopic (exact) mass is 273 g/mol. The molecule has 0 radical (unpaired) electrons. The normalized spacial score (nSPS) is 10.5. The van der Waals surface area contributed by atoms with E-state index in [1.807, 2.05) is 37.3 Å². The molecule has 0 N–H and O–H groups in total. The molecule has 106 valence electrons. The van der Waals surface area contributed by atoms with E-state index in [2.05, 4.69) is 0 Å². The number of hydrogen-bond acceptors (Lipinski definition) is 3. The molecular weight excluding hydrogens is 254 g/mol. The SMILES string of the molecule is Cc1c(C)n(OCCOCc2ccccc2)ccc1=O. The van der Waals surface area contributed by atoms with Gasteiger partial charge >= 0.3 is 0 Å². The van der Waals surface area contributed by atoms with Crippen molar-refractivity contribution < 1.29 is 9.57 Å². The van der Waals surface area contributed by atoms with Crippen LogP contribution in [-0.2, 0) is 11.3 Å². The smallest absolute Gasteiger partial charge is 0.184 e. The van der Waals surface area contributed by atoms with Crippen LogP contribution in [0.2, 0.25) is 0 Å². The first kappa shape index (κ1) is 14.3. The second-order valence-corrected chi connectivity index (χ2v) is 4.59. The van der Waals surface area contributed by atoms with Gasteiger partial charge in [0.2, 0.25) is 0 Å². The molecule has 0 spiro atoms. The Labute approximate surface area is 118 Å². The second kappa shape index (κ2) is 6.91. The van der Waals surface area contributed by atoms with Crippen LogP contribution in [0.5, 0.6) is 0 Å². The molecule has 0 fully saturated rings. The Kier molecular flexibility index (Phi) is 4.96. The highest BCUT2D eigenvalue weighted by Crippen LogP contribution is 2.01. The fourth-order valence-electron chi connectivity index (χ4n) is 1.81. The summed E-state index contributed by atoms with van der Waals surface area (Å²) in [6, 6.07) is 11.5. The predicted octanol–water partition coefficient (Wildman–Crippen LogP) is 2.11. The third-order valence-corrected chi connectivity index (χ3v) is 3.17. The van der Waals surface area contributed by atoms with Gasteiger partial charge in [-0.3, -0.25) is 4.79 Å². The molecule has 0 saturated carbocycles. The molecule has 1 aromatic heterocycles. The largest absolute Gasteiger partial charge is 0.412 e. The summed E-state index contributed by atoms with van der Waals surface area (Å²) < 4.78 is 7.15. The molecule has 20 heavy (non-hydrogen) atoms. The summed E-state index contributed by atoms with van der Waals surface area (Å²) in [6.07, 6.45) is 1.64. The summed E-state index contributed by atoms with van der Waals surface area (Å²) >= 11 is 0. The van der Waals surface area contributed by atoms with Crippen LogP contribution in [0.3, 0.4) is 0 Å². The van der Waals surface area contributed by atoms with Crippen LogP contribution in [0.15, 0.2) is 47.4 Å². The summed E-state index contributed by atoms with van der Waals surface area (Å²) in [5.74, 6) is 0. The quantitative estimate of drug-likeness (QED) is 0.757. The molecule has 2 rings (SSSR count). The number of pyridine rings is 1. The first-order chi connectivity index (χ1) is 9.68. The van der Waals surface area contributed by atoms with Gasteiger partial charge in [0, 0.05) is 17.8 Å². The Bertz CT molecular complexity index is 605. The molecule has 0 saturated heterocycles. The molecule has 0 amide bonds. The molecule has 0 unspecified atom stereocenters. The molecule has 4 nitrogen and oxygen atoms in total. The van der Waals surface area contributed by atoms with Crippen molar-refractivity contribution in [2.24, 2.45) is 0 Å². The first-order valence-corrected chi connectivity index (χ1v) is 6.62. The average Bonchev–Trinajstić information content (AvgIpc) is 2.48. The van der Waals surface area contributed by atoms with Crippen molar-refractivity contribution in [3.8, 4) is 0 Å². The minimum absolute atomic E-state index is 0.0303. The molecule has 1 heterocycles. The van der Waals surface area contributed by atoms with E-state index in [0.29, 0.717) is 25.4 Å². The molecule has 0 atom stereocenters. The van der Waals surface area contributed by atoms with Gasteiger partial charge in [-0.05, 0) is 19.4 Å². The molecule has 0 bridgehead atoms. The molecule has 0 aliphatic carbocycles. The zero-order valence-electron chi connectivity index (χ0n) is 11.8. The van der Waals surface area contributed by atoms with Gasteiger partial charge in [-0.25, -0.2) is 0 Å². The van der Waals surface area contributed by atoms with Crippen molar-refractivity contribution >= 4 is 0 Å². The van der Waals surface area contributed by atoms with Gasteiger partial charge in [-0.1, -0.05) is 30.3 Å². The van der Waals surface area contributed by atoms with E-state index in [1.165, 1.54) is 6.07 Å². The molecular formula is C16H19NO3. The first-order valence-electron chi connectivity index (χ1n) is 6.62. The van der Waals surface area contributed by atoms with Crippen LogP contribution < -0.4 is 10.3 Å². The van der Waals surface area contributed by atoms with Gasteiger partial charge in [0.15, 0.2) is 5.43 Å². The van der Waals surface area contributed by atoms with Crippen molar-refractivity contribution in [3.63, 3.8) is 0 Å². The minimum atomic E-state index is 0.0303. The summed E-state index contributed by atoms with van der Waals surface area (Å²) in [6.45, 7) is 5.17. The van der Waals surface area contributed by atoms with Gasteiger partial charge in [0.25, 0.3) is 0 Å². The zero-order chi connectivity index (χ0) is 14.4. The fraction of sp³-hybridized carbons (Fsp3) is 0.312. The molecule has 2 aromatic rings. The number of nitrogens with zero attached hydrogens (tertiary/aromatic N) is 1. The average molecular weight is 273 g/mol. The van der Waals surface area contributed by atoms with E-state index >= 15 is 0 Å². The van der Waals surface area contributed by atoms with Crippen LogP contribution >= 0.6 is 0 Å². The molecule has 4 heteroatoms. The summed E-state index contributed by atoms with van der Waals surface area (Å²) in [5, 5.41) is 0. The predicted molar refractivity (Wildman–Crippen MR) is 77.7 cm³/mol. The second-order valence-electron chi connectivity index (χ2n) is 4.59. The Balaban J connectivity index is 1.77. The van der Waals surface area contributed by atoms with Crippen molar-refractivity contribution in [2.75, 3.05) is 13.2 Å². The summed E-state index contributed by atoms with van der Waals surface area (Å²) in [4.78, 5) is 17.0. The molecule has 0 aliphatic rings.